The molecule has 0 heterocycles. The minimum absolute atomic E-state index is 0.0286. The van der Waals surface area contributed by atoms with E-state index >= 15 is 0 Å². The van der Waals surface area contributed by atoms with Gasteiger partial charge in [0.1, 0.15) is 29.9 Å². The molecule has 0 fully saturated rings. The number of phenols is 1. The number of hydrogen-bond donors (Lipinski definition) is 7. The zero-order valence-corrected chi connectivity index (χ0v) is 22.3. The molecule has 5 unspecified atom stereocenters. The number of nitrogens with one attached hydrogen (secondary N) is 3. The number of carboxylic acids is 1. The summed E-state index contributed by atoms with van der Waals surface area (Å²) in [6.45, 7) is 5.06. The molecule has 3 amide bonds. The monoisotopic (exact) mass is 542 g/mol. The van der Waals surface area contributed by atoms with Crippen LogP contribution in [-0.4, -0.2) is 69.3 Å². The summed E-state index contributed by atoms with van der Waals surface area (Å²) in [5.41, 5.74) is 7.08. The van der Waals surface area contributed by atoms with E-state index in [-0.39, 0.29) is 30.9 Å². The van der Waals surface area contributed by atoms with E-state index in [0.29, 0.717) is 5.56 Å². The first kappa shape index (κ1) is 31.3. The fourth-order valence-corrected chi connectivity index (χ4v) is 3.86. The number of carbonyl (C=O) groups excluding carboxylic acids is 3. The number of phenolic OH excluding ortho intramolecular Hbond substituents is 1. The van der Waals surface area contributed by atoms with Crippen molar-refractivity contribution in [1.82, 2.24) is 16.0 Å². The molecule has 0 aliphatic rings. The maximum Gasteiger partial charge on any atom is 0.326 e. The number of amides is 3. The Morgan fingerprint density at radius 3 is 1.77 bits per heavy atom. The Hall–Kier alpha value is -3.96. The molecule has 2 aromatic carbocycles. The molecule has 0 bridgehead atoms. The number of aromatic hydroxyl groups is 1. The fraction of sp³-hybridized carbons (Fsp3) is 0.429. The van der Waals surface area contributed by atoms with Crippen LogP contribution < -0.4 is 21.7 Å². The molecular formula is C28H38N4O7. The lowest BCUT2D eigenvalue weighted by Gasteiger charge is -2.26. The van der Waals surface area contributed by atoms with Crippen molar-refractivity contribution >= 4 is 23.7 Å². The summed E-state index contributed by atoms with van der Waals surface area (Å²) in [5, 5.41) is 36.6. The van der Waals surface area contributed by atoms with E-state index in [1.54, 1.807) is 42.5 Å². The zero-order valence-electron chi connectivity index (χ0n) is 22.3. The number of carboxylic acid groups (broad SMARTS) is 1. The van der Waals surface area contributed by atoms with Crippen molar-refractivity contribution in [3.05, 3.63) is 65.7 Å². The van der Waals surface area contributed by atoms with Gasteiger partial charge in [-0.05, 0) is 42.5 Å². The molecule has 0 aliphatic heterocycles. The van der Waals surface area contributed by atoms with Gasteiger partial charge in [0, 0.05) is 12.8 Å². The molecule has 8 N–H and O–H groups in total. The molecular weight excluding hydrogens is 504 g/mol. The molecule has 2 rings (SSSR count). The Morgan fingerprint density at radius 1 is 0.744 bits per heavy atom. The second-order valence-electron chi connectivity index (χ2n) is 9.98. The lowest BCUT2D eigenvalue weighted by Crippen LogP contribution is -2.59. The van der Waals surface area contributed by atoms with E-state index in [1.807, 2.05) is 13.8 Å². The van der Waals surface area contributed by atoms with Gasteiger partial charge in [-0.25, -0.2) is 4.79 Å². The van der Waals surface area contributed by atoms with Gasteiger partial charge in [-0.15, -0.1) is 0 Å². The molecule has 2 aromatic rings. The predicted molar refractivity (Wildman–Crippen MR) is 144 cm³/mol. The highest BCUT2D eigenvalue weighted by Gasteiger charge is 2.31. The maximum absolute atomic E-state index is 13.4. The molecule has 5 atom stereocenters. The quantitative estimate of drug-likeness (QED) is 0.179. The van der Waals surface area contributed by atoms with E-state index in [4.69, 9.17) is 5.73 Å². The van der Waals surface area contributed by atoms with Crippen LogP contribution in [0.5, 0.6) is 5.75 Å². The van der Waals surface area contributed by atoms with Gasteiger partial charge in [0.2, 0.25) is 17.7 Å². The Kier molecular flexibility index (Phi) is 11.9. The second kappa shape index (κ2) is 14.8. The summed E-state index contributed by atoms with van der Waals surface area (Å²) in [6, 6.07) is 10.1. The first-order chi connectivity index (χ1) is 18.4. The number of nitrogens with two attached hydrogens (primary N) is 1. The Balaban J connectivity index is 2.22. The van der Waals surface area contributed by atoms with E-state index in [1.165, 1.54) is 19.1 Å². The molecule has 39 heavy (non-hydrogen) atoms. The Labute approximate surface area is 227 Å². The van der Waals surface area contributed by atoms with Crippen molar-refractivity contribution in [1.29, 1.82) is 0 Å². The van der Waals surface area contributed by atoms with Crippen LogP contribution in [0.15, 0.2) is 54.6 Å². The van der Waals surface area contributed by atoms with Crippen LogP contribution in [0, 0.1) is 5.92 Å². The van der Waals surface area contributed by atoms with Crippen LogP contribution in [0.3, 0.4) is 0 Å². The number of aliphatic carboxylic acids is 1. The molecule has 0 aromatic heterocycles. The molecule has 0 radical (unpaired) electrons. The van der Waals surface area contributed by atoms with Crippen LogP contribution >= 0.6 is 0 Å². The highest BCUT2D eigenvalue weighted by Crippen LogP contribution is 2.13. The van der Waals surface area contributed by atoms with Crippen molar-refractivity contribution < 1.29 is 34.5 Å². The normalized spacial score (nSPS) is 14.9. The van der Waals surface area contributed by atoms with Gasteiger partial charge in [0.15, 0.2) is 0 Å². The van der Waals surface area contributed by atoms with Crippen LogP contribution in [0.1, 0.15) is 38.3 Å². The molecule has 212 valence electrons. The van der Waals surface area contributed by atoms with Crippen LogP contribution in [0.4, 0.5) is 0 Å². The maximum atomic E-state index is 13.4. The van der Waals surface area contributed by atoms with Crippen molar-refractivity contribution in [2.45, 2.75) is 70.3 Å². The van der Waals surface area contributed by atoms with Gasteiger partial charge in [-0.2, -0.15) is 0 Å². The van der Waals surface area contributed by atoms with Crippen LogP contribution in [0.25, 0.3) is 0 Å². The van der Waals surface area contributed by atoms with E-state index in [9.17, 15) is 34.5 Å². The third kappa shape index (κ3) is 10.4. The van der Waals surface area contributed by atoms with Gasteiger partial charge in [-0.1, -0.05) is 56.3 Å². The van der Waals surface area contributed by atoms with Crippen molar-refractivity contribution in [3.8, 4) is 5.75 Å². The van der Waals surface area contributed by atoms with Crippen molar-refractivity contribution in [2.24, 2.45) is 11.7 Å². The van der Waals surface area contributed by atoms with Gasteiger partial charge in [0.25, 0.3) is 0 Å². The fourth-order valence-electron chi connectivity index (χ4n) is 3.86. The number of rotatable bonds is 14. The van der Waals surface area contributed by atoms with E-state index in [0.717, 1.165) is 5.56 Å². The predicted octanol–water partition coefficient (Wildman–Crippen LogP) is 0.471. The standard InChI is InChI=1S/C28H38N4O7/c1-16(2)13-21(25(35)32-23(28(38)39)15-19-9-11-20(34)12-10-19)30-26(36)22(14-18-7-5-4-6-8-18)31-27(37)24(29)17(3)33/h4-12,16-17,21-24,33-34H,13-15,29H2,1-3H3,(H,30,36)(H,31,37)(H,32,35)(H,38,39). The summed E-state index contributed by atoms with van der Waals surface area (Å²) in [6.07, 6.45) is -0.874. The Morgan fingerprint density at radius 2 is 1.23 bits per heavy atom. The number of aliphatic hydroxyl groups is 1. The highest BCUT2D eigenvalue weighted by atomic mass is 16.4. The average Bonchev–Trinajstić information content (AvgIpc) is 2.88. The van der Waals surface area contributed by atoms with Gasteiger partial charge in [0.05, 0.1) is 6.10 Å². The molecule has 11 nitrogen and oxygen atoms in total. The average molecular weight is 543 g/mol. The smallest absolute Gasteiger partial charge is 0.326 e. The second-order valence-corrected chi connectivity index (χ2v) is 9.98. The highest BCUT2D eigenvalue weighted by molar-refractivity contribution is 5.94. The SMILES string of the molecule is CC(C)CC(NC(=O)C(Cc1ccccc1)NC(=O)C(N)C(C)O)C(=O)NC(Cc1ccc(O)cc1)C(=O)O. The van der Waals surface area contributed by atoms with Gasteiger partial charge in [-0.3, -0.25) is 14.4 Å². The lowest BCUT2D eigenvalue weighted by molar-refractivity contribution is -0.142. The summed E-state index contributed by atoms with van der Waals surface area (Å²) < 4.78 is 0. The minimum atomic E-state index is -1.28. The summed E-state index contributed by atoms with van der Waals surface area (Å²) >= 11 is 0. The van der Waals surface area contributed by atoms with Gasteiger partial charge < -0.3 is 37.0 Å². The zero-order chi connectivity index (χ0) is 29.1. The van der Waals surface area contributed by atoms with E-state index in [2.05, 4.69) is 16.0 Å². The molecule has 0 aliphatic carbocycles. The molecule has 0 saturated heterocycles. The van der Waals surface area contributed by atoms with Crippen molar-refractivity contribution in [2.75, 3.05) is 0 Å². The molecule has 0 saturated carbocycles. The summed E-state index contributed by atoms with van der Waals surface area (Å²) in [4.78, 5) is 51.0. The first-order valence-electron chi connectivity index (χ1n) is 12.8. The molecule has 11 heteroatoms. The van der Waals surface area contributed by atoms with Crippen LogP contribution in [0.2, 0.25) is 0 Å². The summed E-state index contributed by atoms with van der Waals surface area (Å²) in [7, 11) is 0. The third-order valence-electron chi connectivity index (χ3n) is 6.07. The number of benzene rings is 2. The lowest BCUT2D eigenvalue weighted by atomic mass is 9.99. The van der Waals surface area contributed by atoms with Crippen LogP contribution in [-0.2, 0) is 32.0 Å². The minimum Gasteiger partial charge on any atom is -0.508 e. The largest absolute Gasteiger partial charge is 0.508 e. The molecule has 0 spiro atoms. The first-order valence-corrected chi connectivity index (χ1v) is 12.8. The summed E-state index contributed by atoms with van der Waals surface area (Å²) in [5.74, 6) is -3.34. The third-order valence-corrected chi connectivity index (χ3v) is 6.07. The van der Waals surface area contributed by atoms with Crippen molar-refractivity contribution in [3.63, 3.8) is 0 Å². The number of hydrogen-bond acceptors (Lipinski definition) is 7. The number of aliphatic hydroxyl groups excluding tert-OH is 1. The van der Waals surface area contributed by atoms with E-state index < -0.39 is 54.0 Å². The number of carbonyl (C=O) groups is 4. The van der Waals surface area contributed by atoms with Gasteiger partial charge >= 0.3 is 5.97 Å². The Bertz CT molecular complexity index is 1110. The topological polar surface area (TPSA) is 191 Å².